The minimum Gasteiger partial charge on any atom is -0.497 e. The molecule has 1 saturated heterocycles. The van der Waals surface area contributed by atoms with Crippen molar-refractivity contribution in [1.29, 1.82) is 0 Å². The maximum atomic E-state index is 13.1. The Hall–Kier alpha value is -3.30. The van der Waals surface area contributed by atoms with E-state index in [0.717, 1.165) is 24.3 Å². The van der Waals surface area contributed by atoms with Crippen LogP contribution in [0.4, 0.5) is 11.4 Å². The minimum atomic E-state index is -0.330. The van der Waals surface area contributed by atoms with Crippen LogP contribution in [0.2, 0.25) is 5.02 Å². The highest BCUT2D eigenvalue weighted by Gasteiger charge is 2.37. The number of amides is 2. The molecule has 5 rings (SSSR count). The van der Waals surface area contributed by atoms with E-state index in [0.29, 0.717) is 35.3 Å². The van der Waals surface area contributed by atoms with Crippen molar-refractivity contribution in [2.45, 2.75) is 6.42 Å². The SMILES string of the molecule is COc1ccc2c(c1)C1=NC(=S)N(CCC(=O)N3CCN(c4cccc(Cl)c4)CC3)C(=O)C1=N2. The van der Waals surface area contributed by atoms with Gasteiger partial charge in [0.25, 0.3) is 5.91 Å². The summed E-state index contributed by atoms with van der Waals surface area (Å²) in [5, 5.41) is 0.839. The average molecular weight is 496 g/mol. The first-order valence-corrected chi connectivity index (χ1v) is 11.7. The molecule has 0 radical (unpaired) electrons. The Bertz CT molecular complexity index is 1250. The molecule has 3 heterocycles. The fourth-order valence-corrected chi connectivity index (χ4v) is 4.76. The number of fused-ring (bicyclic) bond motifs is 3. The molecule has 0 saturated carbocycles. The first-order chi connectivity index (χ1) is 16.4. The number of benzene rings is 2. The number of carbonyl (C=O) groups excluding carboxylic acids is 2. The zero-order valence-electron chi connectivity index (χ0n) is 18.5. The molecule has 2 amide bonds. The normalized spacial score (nSPS) is 17.3. The standard InChI is InChI=1S/C24H22ClN5O3S/c1-33-17-5-6-19-18(14-17)21-22(26-19)23(32)30(24(34)27-21)8-7-20(31)29-11-9-28(10-12-29)16-4-2-3-15(25)13-16/h2-6,13-14H,7-12H2,1H3. The number of anilines is 1. The highest BCUT2D eigenvalue weighted by atomic mass is 35.5. The van der Waals surface area contributed by atoms with Gasteiger partial charge in [0.2, 0.25) is 11.0 Å². The summed E-state index contributed by atoms with van der Waals surface area (Å²) >= 11 is 11.5. The van der Waals surface area contributed by atoms with E-state index in [9.17, 15) is 9.59 Å². The van der Waals surface area contributed by atoms with Crippen molar-refractivity contribution >= 4 is 63.5 Å². The first kappa shape index (κ1) is 22.5. The molecule has 34 heavy (non-hydrogen) atoms. The molecule has 0 spiro atoms. The van der Waals surface area contributed by atoms with E-state index in [4.69, 9.17) is 28.6 Å². The molecule has 0 bridgehead atoms. The van der Waals surface area contributed by atoms with Gasteiger partial charge in [0.1, 0.15) is 11.5 Å². The van der Waals surface area contributed by atoms with Crippen molar-refractivity contribution in [2.75, 3.05) is 44.7 Å². The molecule has 174 valence electrons. The number of carbonyl (C=O) groups is 2. The van der Waals surface area contributed by atoms with E-state index < -0.39 is 0 Å². The number of methoxy groups -OCH3 is 1. The van der Waals surface area contributed by atoms with Crippen LogP contribution in [0.1, 0.15) is 12.0 Å². The predicted octanol–water partition coefficient (Wildman–Crippen LogP) is 3.09. The lowest BCUT2D eigenvalue weighted by atomic mass is 10.0. The summed E-state index contributed by atoms with van der Waals surface area (Å²) in [6.45, 7) is 2.82. The third-order valence-corrected chi connectivity index (χ3v) is 6.70. The number of aliphatic imine (C=N–C) groups is 2. The van der Waals surface area contributed by atoms with Crippen LogP contribution >= 0.6 is 23.8 Å². The summed E-state index contributed by atoms with van der Waals surface area (Å²) < 4.78 is 5.27. The molecule has 0 aromatic heterocycles. The van der Waals surface area contributed by atoms with Gasteiger partial charge in [-0.05, 0) is 48.6 Å². The van der Waals surface area contributed by atoms with Crippen LogP contribution in [0, 0.1) is 0 Å². The average Bonchev–Trinajstić information content (AvgIpc) is 3.21. The Morgan fingerprint density at radius 2 is 1.88 bits per heavy atom. The lowest BCUT2D eigenvalue weighted by Gasteiger charge is -2.36. The van der Waals surface area contributed by atoms with Gasteiger partial charge in [0, 0.05) is 55.4 Å². The second kappa shape index (κ2) is 9.15. The van der Waals surface area contributed by atoms with Crippen LogP contribution < -0.4 is 9.64 Å². The van der Waals surface area contributed by atoms with Crippen LogP contribution in [-0.4, -0.2) is 78.0 Å². The summed E-state index contributed by atoms with van der Waals surface area (Å²) in [6, 6.07) is 13.1. The second-order valence-corrected chi connectivity index (χ2v) is 8.94. The largest absolute Gasteiger partial charge is 0.497 e. The van der Waals surface area contributed by atoms with Gasteiger partial charge >= 0.3 is 0 Å². The van der Waals surface area contributed by atoms with E-state index in [-0.39, 0.29) is 35.6 Å². The van der Waals surface area contributed by atoms with Crippen molar-refractivity contribution in [2.24, 2.45) is 9.98 Å². The Balaban J connectivity index is 1.20. The third kappa shape index (κ3) is 4.17. The van der Waals surface area contributed by atoms with Crippen molar-refractivity contribution < 1.29 is 14.3 Å². The van der Waals surface area contributed by atoms with Gasteiger partial charge in [-0.3, -0.25) is 14.5 Å². The van der Waals surface area contributed by atoms with Crippen molar-refractivity contribution in [3.63, 3.8) is 0 Å². The molecular formula is C24H22ClN5O3S. The molecule has 3 aliphatic heterocycles. The Kier molecular flexibility index (Phi) is 6.05. The zero-order valence-corrected chi connectivity index (χ0v) is 20.1. The number of piperazine rings is 1. The van der Waals surface area contributed by atoms with E-state index in [2.05, 4.69) is 14.9 Å². The molecule has 8 nitrogen and oxygen atoms in total. The van der Waals surface area contributed by atoms with Gasteiger partial charge in [0.05, 0.1) is 12.8 Å². The minimum absolute atomic E-state index is 0.0162. The van der Waals surface area contributed by atoms with Gasteiger partial charge in [-0.1, -0.05) is 17.7 Å². The van der Waals surface area contributed by atoms with Gasteiger partial charge in [-0.15, -0.1) is 0 Å². The fraction of sp³-hybridized carbons (Fsp3) is 0.292. The summed E-state index contributed by atoms with van der Waals surface area (Å²) in [5.41, 5.74) is 3.14. The molecule has 3 aliphatic rings. The van der Waals surface area contributed by atoms with Crippen LogP contribution in [0.25, 0.3) is 0 Å². The third-order valence-electron chi connectivity index (χ3n) is 6.16. The quantitative estimate of drug-likeness (QED) is 0.596. The van der Waals surface area contributed by atoms with Gasteiger partial charge in [-0.25, -0.2) is 9.98 Å². The smallest absolute Gasteiger partial charge is 0.280 e. The summed E-state index contributed by atoms with van der Waals surface area (Å²) in [6.07, 6.45) is 0.169. The highest BCUT2D eigenvalue weighted by molar-refractivity contribution is 7.80. The Labute approximate surface area is 207 Å². The van der Waals surface area contributed by atoms with E-state index >= 15 is 0 Å². The second-order valence-electron chi connectivity index (χ2n) is 8.14. The van der Waals surface area contributed by atoms with Crippen LogP contribution in [0.15, 0.2) is 52.4 Å². The van der Waals surface area contributed by atoms with E-state index in [1.165, 1.54) is 4.90 Å². The molecular weight excluding hydrogens is 474 g/mol. The monoisotopic (exact) mass is 495 g/mol. The number of thiocarbonyl (C=S) groups is 1. The maximum absolute atomic E-state index is 13.1. The number of nitrogens with zero attached hydrogens (tertiary/aromatic N) is 5. The lowest BCUT2D eigenvalue weighted by Crippen LogP contribution is -2.50. The first-order valence-electron chi connectivity index (χ1n) is 10.9. The molecule has 0 N–H and O–H groups in total. The molecule has 1 fully saturated rings. The number of hydrogen-bond acceptors (Lipinski definition) is 6. The topological polar surface area (TPSA) is 77.8 Å². The van der Waals surface area contributed by atoms with E-state index in [1.54, 1.807) is 25.3 Å². The van der Waals surface area contributed by atoms with Crippen molar-refractivity contribution in [3.8, 4) is 5.75 Å². The molecule has 0 aliphatic carbocycles. The molecule has 10 heteroatoms. The van der Waals surface area contributed by atoms with Crippen LogP contribution in [0.3, 0.4) is 0 Å². The van der Waals surface area contributed by atoms with Gasteiger partial charge < -0.3 is 14.5 Å². The Morgan fingerprint density at radius 1 is 1.09 bits per heavy atom. The van der Waals surface area contributed by atoms with Crippen LogP contribution in [-0.2, 0) is 9.59 Å². The fourth-order valence-electron chi connectivity index (χ4n) is 4.31. The zero-order chi connectivity index (χ0) is 23.8. The summed E-state index contributed by atoms with van der Waals surface area (Å²) in [5.74, 6) is 0.306. The summed E-state index contributed by atoms with van der Waals surface area (Å²) in [7, 11) is 1.58. The van der Waals surface area contributed by atoms with Crippen LogP contribution in [0.5, 0.6) is 5.75 Å². The number of rotatable bonds is 5. The number of hydrogen-bond donors (Lipinski definition) is 0. The summed E-state index contributed by atoms with van der Waals surface area (Å²) in [4.78, 5) is 40.3. The molecule has 0 atom stereocenters. The van der Waals surface area contributed by atoms with Gasteiger partial charge in [0.15, 0.2) is 5.71 Å². The maximum Gasteiger partial charge on any atom is 0.280 e. The van der Waals surface area contributed by atoms with Gasteiger partial charge in [-0.2, -0.15) is 0 Å². The molecule has 2 aromatic rings. The predicted molar refractivity (Wildman–Crippen MR) is 136 cm³/mol. The molecule has 0 unspecified atom stereocenters. The Morgan fingerprint density at radius 3 is 2.62 bits per heavy atom. The number of halogens is 1. The van der Waals surface area contributed by atoms with E-state index in [1.807, 2.05) is 29.2 Å². The highest BCUT2D eigenvalue weighted by Crippen LogP contribution is 2.33. The number of ether oxygens (including phenoxy) is 1. The lowest BCUT2D eigenvalue weighted by molar-refractivity contribution is -0.132. The van der Waals surface area contributed by atoms with Crippen molar-refractivity contribution in [1.82, 2.24) is 9.80 Å². The van der Waals surface area contributed by atoms with Crippen molar-refractivity contribution in [3.05, 3.63) is 53.1 Å². The molecule has 2 aromatic carbocycles.